The van der Waals surface area contributed by atoms with Gasteiger partial charge in [0.25, 0.3) is 0 Å². The molecule has 3 rings (SSSR count). The van der Waals surface area contributed by atoms with Crippen molar-refractivity contribution in [3.63, 3.8) is 0 Å². The number of nitrogens with zero attached hydrogens (tertiary/aromatic N) is 3. The summed E-state index contributed by atoms with van der Waals surface area (Å²) in [7, 11) is 0. The zero-order valence-electron chi connectivity index (χ0n) is 10.7. The lowest BCUT2D eigenvalue weighted by Gasteiger charge is -2.16. The van der Waals surface area contributed by atoms with Crippen LogP contribution in [-0.2, 0) is 17.9 Å². The van der Waals surface area contributed by atoms with Crippen molar-refractivity contribution < 1.29 is 4.74 Å². The number of hydrogen-bond acceptors (Lipinski definition) is 5. The molecule has 0 radical (unpaired) electrons. The van der Waals surface area contributed by atoms with Gasteiger partial charge >= 0.3 is 0 Å². The molecule has 0 unspecified atom stereocenters. The first kappa shape index (κ1) is 13.0. The fourth-order valence-corrected chi connectivity index (χ4v) is 2.12. The van der Waals surface area contributed by atoms with Crippen LogP contribution in [0.1, 0.15) is 11.3 Å². The molecule has 0 amide bonds. The molecule has 1 aliphatic rings. The van der Waals surface area contributed by atoms with E-state index in [9.17, 15) is 0 Å². The Labute approximate surface area is 121 Å². The zero-order valence-corrected chi connectivity index (χ0v) is 11.5. The van der Waals surface area contributed by atoms with Gasteiger partial charge in [-0.1, -0.05) is 23.7 Å². The summed E-state index contributed by atoms with van der Waals surface area (Å²) in [4.78, 5) is 12.8. The van der Waals surface area contributed by atoms with Gasteiger partial charge in [0.2, 0.25) is 0 Å². The second kappa shape index (κ2) is 5.98. The van der Waals surface area contributed by atoms with E-state index in [2.05, 4.69) is 20.3 Å². The summed E-state index contributed by atoms with van der Waals surface area (Å²) in [6, 6.07) is 7.61. The highest BCUT2D eigenvalue weighted by atomic mass is 35.5. The Bertz CT molecular complexity index is 645. The van der Waals surface area contributed by atoms with E-state index in [4.69, 9.17) is 16.3 Å². The van der Waals surface area contributed by atoms with Crippen LogP contribution in [-0.4, -0.2) is 22.4 Å². The van der Waals surface area contributed by atoms with E-state index < -0.39 is 0 Å². The van der Waals surface area contributed by atoms with Crippen molar-refractivity contribution in [2.24, 2.45) is 4.99 Å². The van der Waals surface area contributed by atoms with Gasteiger partial charge in [0, 0.05) is 17.4 Å². The lowest BCUT2D eigenvalue weighted by atomic mass is 10.2. The summed E-state index contributed by atoms with van der Waals surface area (Å²) in [5, 5.41) is 3.83. The monoisotopic (exact) mass is 288 g/mol. The molecule has 0 bridgehead atoms. The number of fused-ring (bicyclic) bond motifs is 1. The maximum absolute atomic E-state index is 5.92. The van der Waals surface area contributed by atoms with Crippen molar-refractivity contribution in [3.8, 4) is 0 Å². The molecule has 0 saturated carbocycles. The Morgan fingerprint density at radius 3 is 3.00 bits per heavy atom. The molecule has 0 saturated heterocycles. The zero-order chi connectivity index (χ0) is 13.8. The molecule has 2 aromatic rings. The number of amidine groups is 1. The van der Waals surface area contributed by atoms with Crippen LogP contribution in [0, 0.1) is 0 Å². The van der Waals surface area contributed by atoms with Crippen LogP contribution >= 0.6 is 11.6 Å². The average Bonchev–Trinajstić information content (AvgIpc) is 2.47. The summed E-state index contributed by atoms with van der Waals surface area (Å²) in [5.74, 6) is 1.52. The van der Waals surface area contributed by atoms with E-state index in [1.54, 1.807) is 12.4 Å². The highest BCUT2D eigenvalue weighted by molar-refractivity contribution is 6.30. The van der Waals surface area contributed by atoms with Crippen LogP contribution in [0.5, 0.6) is 0 Å². The largest absolute Gasteiger partial charge is 0.369 e. The SMILES string of the molecule is Clc1cccc(COCC2=NCc3nccnc3N2)c1. The number of nitrogens with one attached hydrogen (secondary N) is 1. The summed E-state index contributed by atoms with van der Waals surface area (Å²) >= 11 is 5.92. The summed E-state index contributed by atoms with van der Waals surface area (Å²) in [6.07, 6.45) is 3.32. The van der Waals surface area contributed by atoms with Crippen LogP contribution in [0.3, 0.4) is 0 Å². The van der Waals surface area contributed by atoms with E-state index in [1.807, 2.05) is 24.3 Å². The van der Waals surface area contributed by atoms with E-state index in [1.165, 1.54) is 0 Å². The molecule has 20 heavy (non-hydrogen) atoms. The number of aliphatic imine (C=N–C) groups is 1. The lowest BCUT2D eigenvalue weighted by Crippen LogP contribution is -2.24. The Morgan fingerprint density at radius 2 is 2.10 bits per heavy atom. The van der Waals surface area contributed by atoms with Gasteiger partial charge in [-0.25, -0.2) is 4.98 Å². The Balaban J connectivity index is 1.54. The predicted molar refractivity (Wildman–Crippen MR) is 77.9 cm³/mol. The molecule has 1 N–H and O–H groups in total. The maximum atomic E-state index is 5.92. The first-order chi connectivity index (χ1) is 9.81. The van der Waals surface area contributed by atoms with Crippen molar-refractivity contribution in [2.75, 3.05) is 11.9 Å². The first-order valence-electron chi connectivity index (χ1n) is 6.24. The Hall–Kier alpha value is -1.98. The van der Waals surface area contributed by atoms with E-state index in [0.29, 0.717) is 24.8 Å². The van der Waals surface area contributed by atoms with Crippen LogP contribution in [0.4, 0.5) is 5.82 Å². The third kappa shape index (κ3) is 3.12. The first-order valence-corrected chi connectivity index (χ1v) is 6.61. The molecule has 1 aliphatic heterocycles. The van der Waals surface area contributed by atoms with Gasteiger partial charge in [0.1, 0.15) is 18.1 Å². The summed E-state index contributed by atoms with van der Waals surface area (Å²) in [6.45, 7) is 1.43. The highest BCUT2D eigenvalue weighted by Crippen LogP contribution is 2.15. The minimum atomic E-state index is 0.405. The van der Waals surface area contributed by atoms with Crippen LogP contribution in [0.25, 0.3) is 0 Å². The van der Waals surface area contributed by atoms with Gasteiger partial charge in [-0.3, -0.25) is 9.98 Å². The van der Waals surface area contributed by atoms with Crippen LogP contribution < -0.4 is 5.32 Å². The number of ether oxygens (including phenoxy) is 1. The molecular weight excluding hydrogens is 276 g/mol. The molecule has 1 aromatic carbocycles. The van der Waals surface area contributed by atoms with Crippen molar-refractivity contribution >= 4 is 23.3 Å². The molecular formula is C14H13ClN4O. The standard InChI is InChI=1S/C14H13ClN4O/c15-11-3-1-2-10(6-11)8-20-9-13-18-7-12-14(19-13)17-5-4-16-12/h1-6H,7-9H2,(H,17,18,19). The van der Waals surface area contributed by atoms with Gasteiger partial charge in [-0.15, -0.1) is 0 Å². The number of aromatic nitrogens is 2. The van der Waals surface area contributed by atoms with Crippen LogP contribution in [0.15, 0.2) is 41.7 Å². The fraction of sp³-hybridized carbons (Fsp3) is 0.214. The fourth-order valence-electron chi connectivity index (χ4n) is 1.91. The molecule has 102 valence electrons. The van der Waals surface area contributed by atoms with Gasteiger partial charge in [-0.05, 0) is 17.7 Å². The topological polar surface area (TPSA) is 59.4 Å². The van der Waals surface area contributed by atoms with Crippen molar-refractivity contribution in [1.82, 2.24) is 9.97 Å². The normalized spacial score (nSPS) is 13.3. The van der Waals surface area contributed by atoms with Crippen molar-refractivity contribution in [1.29, 1.82) is 0 Å². The van der Waals surface area contributed by atoms with E-state index in [-0.39, 0.29) is 0 Å². The lowest BCUT2D eigenvalue weighted by molar-refractivity contribution is 0.158. The molecule has 0 atom stereocenters. The van der Waals surface area contributed by atoms with Gasteiger partial charge < -0.3 is 10.1 Å². The highest BCUT2D eigenvalue weighted by Gasteiger charge is 2.13. The summed E-state index contributed by atoms with van der Waals surface area (Å²) in [5.41, 5.74) is 1.89. The Morgan fingerprint density at radius 1 is 1.20 bits per heavy atom. The second-order valence-electron chi connectivity index (χ2n) is 4.36. The number of anilines is 1. The van der Waals surface area contributed by atoms with E-state index in [0.717, 1.165) is 22.9 Å². The molecule has 5 nitrogen and oxygen atoms in total. The third-order valence-corrected chi connectivity index (χ3v) is 3.09. The minimum Gasteiger partial charge on any atom is -0.369 e. The van der Waals surface area contributed by atoms with Gasteiger partial charge in [0.15, 0.2) is 5.82 Å². The smallest absolute Gasteiger partial charge is 0.155 e. The van der Waals surface area contributed by atoms with Crippen molar-refractivity contribution in [2.45, 2.75) is 13.2 Å². The molecule has 0 fully saturated rings. The third-order valence-electron chi connectivity index (χ3n) is 2.85. The number of halogens is 1. The van der Waals surface area contributed by atoms with Gasteiger partial charge in [0.05, 0.1) is 13.2 Å². The number of hydrogen-bond donors (Lipinski definition) is 1. The molecule has 0 aliphatic carbocycles. The Kier molecular flexibility index (Phi) is 3.90. The maximum Gasteiger partial charge on any atom is 0.155 e. The van der Waals surface area contributed by atoms with Crippen molar-refractivity contribution in [3.05, 3.63) is 52.9 Å². The minimum absolute atomic E-state index is 0.405. The molecule has 0 spiro atoms. The molecule has 1 aromatic heterocycles. The van der Waals surface area contributed by atoms with Crippen LogP contribution in [0.2, 0.25) is 5.02 Å². The quantitative estimate of drug-likeness (QED) is 0.940. The second-order valence-corrected chi connectivity index (χ2v) is 4.80. The number of benzene rings is 1. The average molecular weight is 289 g/mol. The molecule has 2 heterocycles. The van der Waals surface area contributed by atoms with E-state index >= 15 is 0 Å². The number of rotatable bonds is 4. The predicted octanol–water partition coefficient (Wildman–Crippen LogP) is 2.67. The summed E-state index contributed by atoms with van der Waals surface area (Å²) < 4.78 is 5.63. The molecule has 6 heteroatoms. The van der Waals surface area contributed by atoms with Gasteiger partial charge in [-0.2, -0.15) is 0 Å².